The van der Waals surface area contributed by atoms with Gasteiger partial charge in [0.05, 0.1) is 22.7 Å². The van der Waals surface area contributed by atoms with Gasteiger partial charge in [0, 0.05) is 45.4 Å². The second kappa shape index (κ2) is 14.7. The normalized spacial score (nSPS) is 11.5. The molecule has 0 spiro atoms. The van der Waals surface area contributed by atoms with Gasteiger partial charge >= 0.3 is 0 Å². The minimum atomic E-state index is -0.728. The molecule has 0 fully saturated rings. The van der Waals surface area contributed by atoms with Crippen LogP contribution in [0.15, 0.2) is 182 Å². The predicted octanol–water partition coefficient (Wildman–Crippen LogP) is 15.7. The van der Waals surface area contributed by atoms with E-state index < -0.39 is 34.9 Å². The molecule has 2 nitrogen and oxygen atoms in total. The Balaban J connectivity index is 1.19. The van der Waals surface area contributed by atoms with Crippen molar-refractivity contribution in [1.82, 2.24) is 0 Å². The largest absolute Gasteiger partial charge is 0.307 e. The number of rotatable bonds is 8. The zero-order chi connectivity index (χ0) is 41.1. The summed E-state index contributed by atoms with van der Waals surface area (Å²) in [5.74, 6) is -4.03. The molecule has 290 valence electrons. The second-order valence-corrected chi connectivity index (χ2v) is 14.5. The van der Waals surface area contributed by atoms with E-state index in [2.05, 4.69) is 0 Å². The summed E-state index contributed by atoms with van der Waals surface area (Å²) < 4.78 is 93.5. The third-order valence-corrected chi connectivity index (χ3v) is 11.0. The van der Waals surface area contributed by atoms with Crippen molar-refractivity contribution >= 4 is 66.4 Å². The number of nitrogens with zero attached hydrogens (tertiary/aromatic N) is 2. The van der Waals surface area contributed by atoms with Gasteiger partial charge in [-0.25, -0.2) is 26.3 Å². The molecule has 10 rings (SSSR count). The molecule has 8 heteroatoms. The van der Waals surface area contributed by atoms with Crippen LogP contribution in [0.25, 0.3) is 54.6 Å². The van der Waals surface area contributed by atoms with E-state index in [0.29, 0.717) is 22.7 Å². The number of halogens is 6. The predicted molar refractivity (Wildman–Crippen MR) is 230 cm³/mol. The van der Waals surface area contributed by atoms with Crippen molar-refractivity contribution in [3.05, 3.63) is 217 Å². The van der Waals surface area contributed by atoms with Gasteiger partial charge < -0.3 is 9.80 Å². The molecule has 0 radical (unpaired) electrons. The lowest BCUT2D eigenvalue weighted by atomic mass is 9.91. The average molecular weight is 797 g/mol. The van der Waals surface area contributed by atoms with E-state index in [4.69, 9.17) is 0 Å². The summed E-state index contributed by atoms with van der Waals surface area (Å²) in [4.78, 5) is 3.32. The van der Waals surface area contributed by atoms with Gasteiger partial charge in [-0.05, 0) is 105 Å². The molecule has 0 aliphatic carbocycles. The van der Waals surface area contributed by atoms with E-state index in [-0.39, 0.29) is 33.6 Å². The molecule has 0 N–H and O–H groups in total. The summed E-state index contributed by atoms with van der Waals surface area (Å²) in [6, 6.07) is 48.7. The standard InChI is InChI=1S/C52H30F6N2/c53-35-11-7-9-33(25-35)41-27-45(57)49(29-43(41)55)59(37-13-3-1-4-14-37)47-23-19-31-18-22-40-48(24-20-32-17-21-39(47)51(31)52(32)40)60(38-15-5-2-6-16-38)50-30-44(56)42(28-46(50)58)34-10-8-12-36(54)26-34/h1-30H. The molecule has 0 aliphatic heterocycles. The highest BCUT2D eigenvalue weighted by Crippen LogP contribution is 2.49. The lowest BCUT2D eigenvalue weighted by molar-refractivity contribution is 0.603. The maximum Gasteiger partial charge on any atom is 0.148 e. The first-order chi connectivity index (χ1) is 29.2. The Labute approximate surface area is 340 Å². The average Bonchev–Trinajstić information content (AvgIpc) is 3.26. The zero-order valence-electron chi connectivity index (χ0n) is 31.5. The van der Waals surface area contributed by atoms with E-state index in [1.54, 1.807) is 34.1 Å². The van der Waals surface area contributed by atoms with E-state index in [0.717, 1.165) is 68.7 Å². The molecule has 0 atom stereocenters. The molecule has 0 heterocycles. The van der Waals surface area contributed by atoms with Crippen molar-refractivity contribution in [3.8, 4) is 22.3 Å². The summed E-state index contributed by atoms with van der Waals surface area (Å²) in [5.41, 5.74) is 2.42. The van der Waals surface area contributed by atoms with Crippen molar-refractivity contribution in [3.63, 3.8) is 0 Å². The van der Waals surface area contributed by atoms with Crippen LogP contribution >= 0.6 is 0 Å². The molecule has 0 saturated heterocycles. The molecule has 0 unspecified atom stereocenters. The minimum Gasteiger partial charge on any atom is -0.307 e. The maximum atomic E-state index is 16.5. The second-order valence-electron chi connectivity index (χ2n) is 14.5. The number of para-hydroxylation sites is 2. The first-order valence-electron chi connectivity index (χ1n) is 19.1. The highest BCUT2D eigenvalue weighted by atomic mass is 19.1. The van der Waals surface area contributed by atoms with Crippen LogP contribution in [-0.4, -0.2) is 0 Å². The molecule has 10 aromatic rings. The van der Waals surface area contributed by atoms with Gasteiger partial charge in [0.2, 0.25) is 0 Å². The third kappa shape index (κ3) is 6.25. The maximum absolute atomic E-state index is 16.5. The summed E-state index contributed by atoms with van der Waals surface area (Å²) >= 11 is 0. The monoisotopic (exact) mass is 796 g/mol. The van der Waals surface area contributed by atoms with Gasteiger partial charge in [-0.2, -0.15) is 0 Å². The number of hydrogen-bond acceptors (Lipinski definition) is 2. The van der Waals surface area contributed by atoms with Crippen LogP contribution < -0.4 is 9.80 Å². The lowest BCUT2D eigenvalue weighted by Crippen LogP contribution is -2.14. The number of hydrogen-bond donors (Lipinski definition) is 0. The molecule has 0 aromatic heterocycles. The molecular formula is C52H30F6N2. The van der Waals surface area contributed by atoms with Crippen molar-refractivity contribution in [1.29, 1.82) is 0 Å². The molecule has 0 saturated carbocycles. The first-order valence-corrected chi connectivity index (χ1v) is 19.1. The molecule has 10 aromatic carbocycles. The first kappa shape index (κ1) is 36.7. The van der Waals surface area contributed by atoms with Crippen LogP contribution in [-0.2, 0) is 0 Å². The Bertz CT molecular complexity index is 3020. The summed E-state index contributed by atoms with van der Waals surface area (Å²) in [5, 5.41) is 4.83. The summed E-state index contributed by atoms with van der Waals surface area (Å²) in [6.45, 7) is 0. The van der Waals surface area contributed by atoms with Crippen LogP contribution in [0.5, 0.6) is 0 Å². The van der Waals surface area contributed by atoms with Gasteiger partial charge in [-0.3, -0.25) is 0 Å². The lowest BCUT2D eigenvalue weighted by Gasteiger charge is -2.30. The minimum absolute atomic E-state index is 0.0518. The van der Waals surface area contributed by atoms with Gasteiger partial charge in [0.15, 0.2) is 0 Å². The number of anilines is 6. The Hall–Kier alpha value is -7.58. The van der Waals surface area contributed by atoms with Crippen LogP contribution in [0.2, 0.25) is 0 Å². The third-order valence-electron chi connectivity index (χ3n) is 11.0. The fourth-order valence-corrected chi connectivity index (χ4v) is 8.30. The van der Waals surface area contributed by atoms with E-state index in [1.165, 1.54) is 36.4 Å². The molecule has 60 heavy (non-hydrogen) atoms. The van der Waals surface area contributed by atoms with E-state index >= 15 is 17.6 Å². The summed E-state index contributed by atoms with van der Waals surface area (Å²) in [7, 11) is 0. The SMILES string of the molecule is Fc1cccc(-c2cc(F)c(N(c3ccccc3)c3ccc4ccc5c(N(c6ccccc6)c6cc(F)c(-c7cccc(F)c7)cc6F)ccc6ccc3c4c65)cc2F)c1. The Morgan fingerprint density at radius 3 is 1.10 bits per heavy atom. The Kier molecular flexibility index (Phi) is 8.98. The highest BCUT2D eigenvalue weighted by Gasteiger charge is 2.26. The van der Waals surface area contributed by atoms with Crippen LogP contribution in [0.1, 0.15) is 0 Å². The number of benzene rings is 10. The van der Waals surface area contributed by atoms with Crippen molar-refractivity contribution in [2.75, 3.05) is 9.80 Å². The Morgan fingerprint density at radius 2 is 0.700 bits per heavy atom. The van der Waals surface area contributed by atoms with E-state index in [1.807, 2.05) is 84.9 Å². The molecule has 0 aliphatic rings. The van der Waals surface area contributed by atoms with Gasteiger partial charge in [-0.1, -0.05) is 97.1 Å². The van der Waals surface area contributed by atoms with Gasteiger partial charge in [0.25, 0.3) is 0 Å². The van der Waals surface area contributed by atoms with Gasteiger partial charge in [0.1, 0.15) is 34.9 Å². The van der Waals surface area contributed by atoms with Crippen LogP contribution in [0, 0.1) is 34.9 Å². The van der Waals surface area contributed by atoms with E-state index in [9.17, 15) is 8.78 Å². The Morgan fingerprint density at radius 1 is 0.300 bits per heavy atom. The summed E-state index contributed by atoms with van der Waals surface area (Å²) in [6.07, 6.45) is 0. The van der Waals surface area contributed by atoms with Crippen molar-refractivity contribution in [2.24, 2.45) is 0 Å². The van der Waals surface area contributed by atoms with Crippen LogP contribution in [0.4, 0.5) is 60.5 Å². The fourth-order valence-electron chi connectivity index (χ4n) is 8.30. The molecule has 0 bridgehead atoms. The smallest absolute Gasteiger partial charge is 0.148 e. The molecular weight excluding hydrogens is 767 g/mol. The highest BCUT2D eigenvalue weighted by molar-refractivity contribution is 6.28. The topological polar surface area (TPSA) is 6.48 Å². The zero-order valence-corrected chi connectivity index (χ0v) is 31.5. The van der Waals surface area contributed by atoms with Crippen molar-refractivity contribution < 1.29 is 26.3 Å². The van der Waals surface area contributed by atoms with Crippen molar-refractivity contribution in [2.45, 2.75) is 0 Å². The van der Waals surface area contributed by atoms with Crippen LogP contribution in [0.3, 0.4) is 0 Å². The quantitative estimate of drug-likeness (QED) is 0.112. The fraction of sp³-hybridized carbons (Fsp3) is 0. The molecule has 0 amide bonds. The van der Waals surface area contributed by atoms with Gasteiger partial charge in [-0.15, -0.1) is 0 Å².